The second kappa shape index (κ2) is 8.48. The summed E-state index contributed by atoms with van der Waals surface area (Å²) >= 11 is 0. The number of hydrogen-bond acceptors (Lipinski definition) is 6. The number of non-ortho nitro benzene ring substituents is 1. The molecule has 9 nitrogen and oxygen atoms in total. The molecule has 9 heteroatoms. The van der Waals surface area contributed by atoms with Gasteiger partial charge in [-0.05, 0) is 26.0 Å². The van der Waals surface area contributed by atoms with Crippen LogP contribution >= 0.6 is 0 Å². The van der Waals surface area contributed by atoms with Crippen LogP contribution in [0.1, 0.15) is 35.3 Å². The first kappa shape index (κ1) is 20.6. The van der Waals surface area contributed by atoms with Gasteiger partial charge in [-0.25, -0.2) is 9.79 Å². The van der Waals surface area contributed by atoms with Crippen LogP contribution in [-0.2, 0) is 9.53 Å². The van der Waals surface area contributed by atoms with Crippen LogP contribution in [0.25, 0.3) is 0 Å². The summed E-state index contributed by atoms with van der Waals surface area (Å²) in [5.41, 5.74) is 1.06. The number of nitrogens with zero attached hydrogens (tertiary/aromatic N) is 3. The van der Waals surface area contributed by atoms with Crippen LogP contribution in [0, 0.1) is 10.1 Å². The highest BCUT2D eigenvalue weighted by atomic mass is 16.6. The molecule has 1 heterocycles. The molecule has 0 saturated carbocycles. The van der Waals surface area contributed by atoms with Gasteiger partial charge < -0.3 is 9.84 Å². The van der Waals surface area contributed by atoms with Gasteiger partial charge in [0, 0.05) is 28.8 Å². The molecule has 0 saturated heterocycles. The number of amidine groups is 1. The number of esters is 1. The van der Waals surface area contributed by atoms with Gasteiger partial charge in [0.05, 0.1) is 17.2 Å². The van der Waals surface area contributed by atoms with E-state index in [2.05, 4.69) is 9.98 Å². The largest absolute Gasteiger partial charge is 0.512 e. The fourth-order valence-corrected chi connectivity index (χ4v) is 2.89. The van der Waals surface area contributed by atoms with Crippen molar-refractivity contribution in [1.29, 1.82) is 0 Å². The number of hydrogen-bond donors (Lipinski definition) is 1. The number of rotatable bonds is 5. The summed E-state index contributed by atoms with van der Waals surface area (Å²) in [7, 11) is 0. The third kappa shape index (κ3) is 4.00. The van der Waals surface area contributed by atoms with Gasteiger partial charge in [0.15, 0.2) is 5.84 Å². The standard InChI is InChI=1S/C21H17N3O6/c1-3-30-21(27)17(12(2)25)18-15-6-4-5-7-16(15)19(22-18)23-20(26)13-8-10-14(11-9-13)24(28)29/h4-11,25H,3H2,1-2H3. The van der Waals surface area contributed by atoms with Crippen molar-refractivity contribution in [1.82, 2.24) is 0 Å². The molecular formula is C21H17N3O6. The first-order valence-corrected chi connectivity index (χ1v) is 8.96. The van der Waals surface area contributed by atoms with Crippen LogP contribution in [0.4, 0.5) is 5.69 Å². The Labute approximate surface area is 171 Å². The third-order valence-corrected chi connectivity index (χ3v) is 4.25. The number of ether oxygens (including phenoxy) is 1. The lowest BCUT2D eigenvalue weighted by Gasteiger charge is -2.08. The Morgan fingerprint density at radius 1 is 1.13 bits per heavy atom. The molecule has 0 radical (unpaired) electrons. The van der Waals surface area contributed by atoms with Crippen molar-refractivity contribution in [2.45, 2.75) is 13.8 Å². The number of nitro benzene ring substituents is 1. The Bertz CT molecular complexity index is 1130. The summed E-state index contributed by atoms with van der Waals surface area (Å²) in [4.78, 5) is 43.4. The van der Waals surface area contributed by atoms with E-state index in [9.17, 15) is 24.8 Å². The van der Waals surface area contributed by atoms with Crippen molar-refractivity contribution in [2.24, 2.45) is 9.98 Å². The fraction of sp³-hybridized carbons (Fsp3) is 0.143. The molecule has 30 heavy (non-hydrogen) atoms. The summed E-state index contributed by atoms with van der Waals surface area (Å²) in [6, 6.07) is 11.9. The maximum absolute atomic E-state index is 12.6. The Hall–Kier alpha value is -4.14. The fourth-order valence-electron chi connectivity index (χ4n) is 2.89. The Morgan fingerprint density at radius 2 is 1.77 bits per heavy atom. The van der Waals surface area contributed by atoms with Gasteiger partial charge in [-0.1, -0.05) is 24.3 Å². The molecule has 1 amide bonds. The predicted octanol–water partition coefficient (Wildman–Crippen LogP) is 3.38. The van der Waals surface area contributed by atoms with Crippen LogP contribution < -0.4 is 0 Å². The molecule has 0 bridgehead atoms. The van der Waals surface area contributed by atoms with Crippen molar-refractivity contribution in [3.8, 4) is 0 Å². The van der Waals surface area contributed by atoms with Gasteiger partial charge in [-0.2, -0.15) is 4.99 Å². The van der Waals surface area contributed by atoms with Gasteiger partial charge in [0.2, 0.25) is 0 Å². The van der Waals surface area contributed by atoms with Gasteiger partial charge in [0.25, 0.3) is 11.6 Å². The van der Waals surface area contributed by atoms with Crippen molar-refractivity contribution >= 4 is 29.1 Å². The van der Waals surface area contributed by atoms with Crippen LogP contribution in [0.2, 0.25) is 0 Å². The average Bonchev–Trinajstić information content (AvgIpc) is 3.06. The minimum atomic E-state index is -0.742. The molecule has 0 aliphatic carbocycles. The van der Waals surface area contributed by atoms with Crippen molar-refractivity contribution in [3.63, 3.8) is 0 Å². The van der Waals surface area contributed by atoms with Crippen LogP contribution in [0.5, 0.6) is 0 Å². The number of benzene rings is 2. The molecule has 3 rings (SSSR count). The topological polar surface area (TPSA) is 131 Å². The number of nitro groups is 1. The van der Waals surface area contributed by atoms with E-state index in [1.807, 2.05) is 0 Å². The number of allylic oxidation sites excluding steroid dienone is 1. The molecule has 1 aliphatic rings. The molecule has 0 fully saturated rings. The van der Waals surface area contributed by atoms with E-state index >= 15 is 0 Å². The molecule has 1 aliphatic heterocycles. The number of aliphatic hydroxyl groups excluding tert-OH is 1. The lowest BCUT2D eigenvalue weighted by Crippen LogP contribution is -2.18. The quantitative estimate of drug-likeness (QED) is 0.266. The molecular weight excluding hydrogens is 390 g/mol. The molecule has 0 spiro atoms. The highest BCUT2D eigenvalue weighted by molar-refractivity contribution is 6.36. The van der Waals surface area contributed by atoms with Crippen molar-refractivity contribution in [2.75, 3.05) is 6.61 Å². The number of aliphatic imine (C=N–C) groups is 2. The molecule has 1 N–H and O–H groups in total. The zero-order valence-corrected chi connectivity index (χ0v) is 16.2. The molecule has 0 unspecified atom stereocenters. The van der Waals surface area contributed by atoms with Gasteiger partial charge in [-0.15, -0.1) is 0 Å². The van der Waals surface area contributed by atoms with Gasteiger partial charge in [-0.3, -0.25) is 14.9 Å². The minimum Gasteiger partial charge on any atom is -0.512 e. The molecule has 2 aromatic rings. The number of carbonyl (C=O) groups excluding carboxylic acids is 2. The summed E-state index contributed by atoms with van der Waals surface area (Å²) in [6.45, 7) is 3.10. The predicted molar refractivity (Wildman–Crippen MR) is 109 cm³/mol. The zero-order valence-electron chi connectivity index (χ0n) is 16.2. The van der Waals surface area contributed by atoms with E-state index in [-0.39, 0.29) is 40.7 Å². The van der Waals surface area contributed by atoms with E-state index < -0.39 is 16.8 Å². The Balaban J connectivity index is 2.04. The number of aliphatic hydroxyl groups is 1. The molecule has 0 atom stereocenters. The van der Waals surface area contributed by atoms with E-state index in [0.717, 1.165) is 0 Å². The minimum absolute atomic E-state index is 0.0620. The number of fused-ring (bicyclic) bond motifs is 1. The molecule has 2 aromatic carbocycles. The smallest absolute Gasteiger partial charge is 0.343 e. The van der Waals surface area contributed by atoms with Crippen molar-refractivity contribution in [3.05, 3.63) is 86.7 Å². The number of amides is 1. The maximum atomic E-state index is 12.6. The highest BCUT2D eigenvalue weighted by Crippen LogP contribution is 2.26. The van der Waals surface area contributed by atoms with E-state index in [4.69, 9.17) is 4.74 Å². The zero-order chi connectivity index (χ0) is 21.8. The summed E-state index contributed by atoms with van der Waals surface area (Å²) < 4.78 is 5.01. The molecule has 152 valence electrons. The van der Waals surface area contributed by atoms with Gasteiger partial charge in [0.1, 0.15) is 11.3 Å². The second-order valence-electron chi connectivity index (χ2n) is 6.23. The highest BCUT2D eigenvalue weighted by Gasteiger charge is 2.30. The average molecular weight is 407 g/mol. The normalized spacial score (nSPS) is 14.6. The van der Waals surface area contributed by atoms with Crippen molar-refractivity contribution < 1.29 is 24.4 Å². The lowest BCUT2D eigenvalue weighted by atomic mass is 9.99. The first-order chi connectivity index (χ1) is 14.3. The summed E-state index contributed by atoms with van der Waals surface area (Å²) in [6.07, 6.45) is 0. The van der Waals surface area contributed by atoms with Gasteiger partial charge >= 0.3 is 5.97 Å². The monoisotopic (exact) mass is 407 g/mol. The number of carbonyl (C=O) groups is 2. The molecule has 0 aromatic heterocycles. The maximum Gasteiger partial charge on any atom is 0.343 e. The SMILES string of the molecule is CCOC(=O)C(C1=NC(=NC(=O)c2ccc([N+](=O)[O-])cc2)c2ccccc21)=C(C)O. The third-order valence-electron chi connectivity index (χ3n) is 4.25. The van der Waals surface area contributed by atoms with E-state index in [0.29, 0.717) is 11.1 Å². The second-order valence-corrected chi connectivity index (χ2v) is 6.23. The van der Waals surface area contributed by atoms with E-state index in [1.54, 1.807) is 31.2 Å². The van der Waals surface area contributed by atoms with Crippen LogP contribution in [-0.4, -0.2) is 40.1 Å². The summed E-state index contributed by atoms with van der Waals surface area (Å²) in [5, 5.41) is 20.8. The van der Waals surface area contributed by atoms with E-state index in [1.165, 1.54) is 31.2 Å². The lowest BCUT2D eigenvalue weighted by molar-refractivity contribution is -0.384. The Kier molecular flexibility index (Phi) is 5.82. The first-order valence-electron chi connectivity index (χ1n) is 8.96. The summed E-state index contributed by atoms with van der Waals surface area (Å²) in [5.74, 6) is -1.60. The Morgan fingerprint density at radius 3 is 2.33 bits per heavy atom. The van der Waals surface area contributed by atoms with Crippen LogP contribution in [0.3, 0.4) is 0 Å². The van der Waals surface area contributed by atoms with Crippen LogP contribution in [0.15, 0.2) is 69.8 Å².